The molecule has 1 aliphatic heterocycles. The highest BCUT2D eigenvalue weighted by Crippen LogP contribution is 2.18. The van der Waals surface area contributed by atoms with Gasteiger partial charge in [-0.25, -0.2) is 18.4 Å². The minimum Gasteiger partial charge on any atom is -0.480 e. The molecule has 6 nitrogen and oxygen atoms in total. The van der Waals surface area contributed by atoms with Crippen molar-refractivity contribution in [2.24, 2.45) is 0 Å². The summed E-state index contributed by atoms with van der Waals surface area (Å²) in [6, 6.07) is 1.12. The van der Waals surface area contributed by atoms with Crippen molar-refractivity contribution < 1.29 is 28.6 Å². The van der Waals surface area contributed by atoms with Gasteiger partial charge in [-0.2, -0.15) is 0 Å². The highest BCUT2D eigenvalue weighted by atomic mass is 19.1. The Labute approximate surface area is 119 Å². The van der Waals surface area contributed by atoms with E-state index in [9.17, 15) is 23.5 Å². The van der Waals surface area contributed by atoms with Crippen molar-refractivity contribution >= 4 is 12.0 Å². The number of carbonyl (C=O) groups excluding carboxylic acids is 1. The Morgan fingerprint density at radius 3 is 2.71 bits per heavy atom. The number of likely N-dealkylation sites (tertiary alicyclic amines) is 1. The van der Waals surface area contributed by atoms with Gasteiger partial charge in [0.15, 0.2) is 0 Å². The zero-order chi connectivity index (χ0) is 15.6. The predicted molar refractivity (Wildman–Crippen MR) is 67.3 cm³/mol. The molecule has 0 radical (unpaired) electrons. The average molecular weight is 300 g/mol. The van der Waals surface area contributed by atoms with Crippen LogP contribution in [0.1, 0.15) is 12.0 Å². The topological polar surface area (TPSA) is 89.9 Å². The first-order valence-corrected chi connectivity index (χ1v) is 6.27. The number of amides is 2. The predicted octanol–water partition coefficient (Wildman–Crippen LogP) is 0.694. The third-order valence-electron chi connectivity index (χ3n) is 3.27. The molecule has 0 saturated carbocycles. The summed E-state index contributed by atoms with van der Waals surface area (Å²) in [6.07, 6.45) is -0.951. The molecule has 2 amide bonds. The second-order valence-electron chi connectivity index (χ2n) is 4.79. The zero-order valence-corrected chi connectivity index (χ0v) is 10.9. The van der Waals surface area contributed by atoms with E-state index in [0.717, 1.165) is 11.0 Å². The normalized spacial score (nSPS) is 21.4. The summed E-state index contributed by atoms with van der Waals surface area (Å²) in [4.78, 5) is 23.9. The summed E-state index contributed by atoms with van der Waals surface area (Å²) < 4.78 is 26.2. The van der Waals surface area contributed by atoms with Gasteiger partial charge in [-0.3, -0.25) is 0 Å². The second kappa shape index (κ2) is 6.04. The van der Waals surface area contributed by atoms with E-state index in [1.165, 1.54) is 6.07 Å². The number of rotatable bonds is 3. The minimum absolute atomic E-state index is 0.0480. The Kier molecular flexibility index (Phi) is 4.37. The number of carboxylic acid groups (broad SMARTS) is 1. The lowest BCUT2D eigenvalue weighted by Crippen LogP contribution is -2.46. The standard InChI is InChI=1S/C13H14F2N2O4/c14-8-2-1-7(10(15)3-8)5-16-13(21)17-6-9(18)4-11(17)12(19)20/h1-3,9,11,18H,4-6H2,(H,16,21)(H,19,20)/t9?,11-/m0/s1. The van der Waals surface area contributed by atoms with Gasteiger partial charge >= 0.3 is 12.0 Å². The Morgan fingerprint density at radius 2 is 2.10 bits per heavy atom. The molecular formula is C13H14F2N2O4. The molecule has 1 aromatic rings. The Bertz CT molecular complexity index is 567. The lowest BCUT2D eigenvalue weighted by atomic mass is 10.2. The highest BCUT2D eigenvalue weighted by molar-refractivity contribution is 5.83. The van der Waals surface area contributed by atoms with E-state index >= 15 is 0 Å². The first kappa shape index (κ1) is 15.2. The maximum Gasteiger partial charge on any atom is 0.326 e. The van der Waals surface area contributed by atoms with Gasteiger partial charge in [0.2, 0.25) is 0 Å². The Morgan fingerprint density at radius 1 is 1.38 bits per heavy atom. The third kappa shape index (κ3) is 3.46. The first-order valence-electron chi connectivity index (χ1n) is 6.27. The number of halogens is 2. The lowest BCUT2D eigenvalue weighted by Gasteiger charge is -2.21. The third-order valence-corrected chi connectivity index (χ3v) is 3.27. The summed E-state index contributed by atoms with van der Waals surface area (Å²) in [5.41, 5.74) is 0.0800. The van der Waals surface area contributed by atoms with E-state index < -0.39 is 35.8 Å². The van der Waals surface area contributed by atoms with Crippen LogP contribution in [-0.2, 0) is 11.3 Å². The summed E-state index contributed by atoms with van der Waals surface area (Å²) >= 11 is 0. The molecular weight excluding hydrogens is 286 g/mol. The number of nitrogens with zero attached hydrogens (tertiary/aromatic N) is 1. The fraction of sp³-hybridized carbons (Fsp3) is 0.385. The molecule has 2 atom stereocenters. The molecule has 1 heterocycles. The molecule has 114 valence electrons. The second-order valence-corrected chi connectivity index (χ2v) is 4.79. The molecule has 1 aromatic carbocycles. The van der Waals surface area contributed by atoms with Crippen LogP contribution in [0.3, 0.4) is 0 Å². The van der Waals surface area contributed by atoms with Gasteiger partial charge in [-0.15, -0.1) is 0 Å². The van der Waals surface area contributed by atoms with Crippen molar-refractivity contribution in [3.05, 3.63) is 35.4 Å². The van der Waals surface area contributed by atoms with Gasteiger partial charge in [0, 0.05) is 31.1 Å². The maximum atomic E-state index is 13.4. The van der Waals surface area contributed by atoms with Crippen LogP contribution >= 0.6 is 0 Å². The van der Waals surface area contributed by atoms with Gasteiger partial charge < -0.3 is 20.4 Å². The van der Waals surface area contributed by atoms with E-state index in [1.54, 1.807) is 0 Å². The summed E-state index contributed by atoms with van der Waals surface area (Å²) in [5, 5.41) is 20.8. The largest absolute Gasteiger partial charge is 0.480 e. The number of nitrogens with one attached hydrogen (secondary N) is 1. The average Bonchev–Trinajstić information content (AvgIpc) is 2.80. The monoisotopic (exact) mass is 300 g/mol. The molecule has 1 fully saturated rings. The molecule has 0 aromatic heterocycles. The lowest BCUT2D eigenvalue weighted by molar-refractivity contribution is -0.141. The smallest absolute Gasteiger partial charge is 0.326 e. The van der Waals surface area contributed by atoms with E-state index in [2.05, 4.69) is 5.32 Å². The number of hydrogen-bond acceptors (Lipinski definition) is 3. The highest BCUT2D eigenvalue weighted by Gasteiger charge is 2.38. The van der Waals surface area contributed by atoms with Gasteiger partial charge in [-0.05, 0) is 6.07 Å². The number of benzene rings is 1. The molecule has 1 aliphatic rings. The van der Waals surface area contributed by atoms with E-state index in [0.29, 0.717) is 6.07 Å². The van der Waals surface area contributed by atoms with E-state index in [-0.39, 0.29) is 25.1 Å². The van der Waals surface area contributed by atoms with E-state index in [4.69, 9.17) is 5.11 Å². The summed E-state index contributed by atoms with van der Waals surface area (Å²) in [5.74, 6) is -2.74. The van der Waals surface area contributed by atoms with Gasteiger partial charge in [0.1, 0.15) is 17.7 Å². The number of carbonyl (C=O) groups is 2. The van der Waals surface area contributed by atoms with Crippen LogP contribution in [0.4, 0.5) is 13.6 Å². The molecule has 21 heavy (non-hydrogen) atoms. The van der Waals surface area contributed by atoms with Crippen LogP contribution in [0.2, 0.25) is 0 Å². The number of hydrogen-bond donors (Lipinski definition) is 3. The number of aliphatic carboxylic acids is 1. The first-order chi connectivity index (χ1) is 9.88. The van der Waals surface area contributed by atoms with Crippen LogP contribution in [-0.4, -0.2) is 45.8 Å². The maximum absolute atomic E-state index is 13.4. The van der Waals surface area contributed by atoms with Crippen molar-refractivity contribution in [1.29, 1.82) is 0 Å². The molecule has 0 spiro atoms. The number of urea groups is 1. The van der Waals surface area contributed by atoms with Crippen LogP contribution in [0.25, 0.3) is 0 Å². The summed E-state index contributed by atoms with van der Waals surface area (Å²) in [7, 11) is 0. The van der Waals surface area contributed by atoms with Crippen LogP contribution in [0, 0.1) is 11.6 Å². The number of aliphatic hydroxyl groups is 1. The van der Waals surface area contributed by atoms with Crippen molar-refractivity contribution in [2.45, 2.75) is 25.1 Å². The molecule has 0 bridgehead atoms. The van der Waals surface area contributed by atoms with E-state index in [1.807, 2.05) is 0 Å². The van der Waals surface area contributed by atoms with Crippen molar-refractivity contribution in [2.75, 3.05) is 6.54 Å². The molecule has 1 unspecified atom stereocenters. The molecule has 3 N–H and O–H groups in total. The molecule has 1 saturated heterocycles. The molecule has 0 aliphatic carbocycles. The number of carboxylic acids is 1. The van der Waals surface area contributed by atoms with Crippen LogP contribution in [0.15, 0.2) is 18.2 Å². The molecule has 8 heteroatoms. The molecule has 2 rings (SSSR count). The van der Waals surface area contributed by atoms with Crippen LogP contribution in [0.5, 0.6) is 0 Å². The Hall–Kier alpha value is -2.22. The fourth-order valence-electron chi connectivity index (χ4n) is 2.21. The minimum atomic E-state index is -1.21. The van der Waals surface area contributed by atoms with Crippen molar-refractivity contribution in [3.63, 3.8) is 0 Å². The SMILES string of the molecule is O=C(O)[C@@H]1CC(O)CN1C(=O)NCc1ccc(F)cc1F. The van der Waals surface area contributed by atoms with Crippen molar-refractivity contribution in [3.8, 4) is 0 Å². The Balaban J connectivity index is 1.99. The number of aliphatic hydroxyl groups excluding tert-OH is 1. The quantitative estimate of drug-likeness (QED) is 0.766. The zero-order valence-electron chi connectivity index (χ0n) is 10.9. The van der Waals surface area contributed by atoms with Gasteiger partial charge in [0.05, 0.1) is 6.10 Å². The number of β-amino-alcohol motifs (C(OH)–C–C–N with tert-alkyl or cyclic N) is 1. The van der Waals surface area contributed by atoms with Gasteiger partial charge in [-0.1, -0.05) is 6.07 Å². The van der Waals surface area contributed by atoms with Gasteiger partial charge in [0.25, 0.3) is 0 Å². The summed E-state index contributed by atoms with van der Waals surface area (Å²) in [6.45, 7) is -0.307. The fourth-order valence-corrected chi connectivity index (χ4v) is 2.21. The van der Waals surface area contributed by atoms with Crippen LogP contribution < -0.4 is 5.32 Å². The van der Waals surface area contributed by atoms with Crippen molar-refractivity contribution in [1.82, 2.24) is 10.2 Å².